The summed E-state index contributed by atoms with van der Waals surface area (Å²) in [6.45, 7) is 0. The predicted octanol–water partition coefficient (Wildman–Crippen LogP) is 1.45. The lowest BCUT2D eigenvalue weighted by atomic mass is 10.1. The number of hydrogen-bond acceptors (Lipinski definition) is 4. The van der Waals surface area contributed by atoms with Crippen LogP contribution >= 0.6 is 15.9 Å². The zero-order chi connectivity index (χ0) is 10.6. The van der Waals surface area contributed by atoms with Gasteiger partial charge in [0.05, 0.1) is 19.2 Å². The topological polar surface area (TPSA) is 64.3 Å². The number of carbonyl (C=O) groups excluding carboxylic acids is 1. The summed E-state index contributed by atoms with van der Waals surface area (Å²) in [5.74, 6) is 5.03. The van der Waals surface area contributed by atoms with Crippen molar-refractivity contribution in [3.63, 3.8) is 0 Å². The molecule has 0 atom stereocenters. The van der Waals surface area contributed by atoms with Crippen molar-refractivity contribution >= 4 is 27.6 Å². The van der Waals surface area contributed by atoms with Gasteiger partial charge in [-0.15, -0.1) is 0 Å². The smallest absolute Gasteiger partial charge is 0.310 e. The first-order chi connectivity index (χ1) is 6.67. The van der Waals surface area contributed by atoms with Gasteiger partial charge in [0, 0.05) is 4.47 Å². The molecule has 5 heteroatoms. The van der Waals surface area contributed by atoms with E-state index in [0.29, 0.717) is 5.69 Å². The Hall–Kier alpha value is -1.07. The summed E-state index contributed by atoms with van der Waals surface area (Å²) in [6, 6.07) is 5.47. The van der Waals surface area contributed by atoms with Crippen LogP contribution in [0.25, 0.3) is 0 Å². The van der Waals surface area contributed by atoms with Crippen molar-refractivity contribution in [2.75, 3.05) is 12.5 Å². The Morgan fingerprint density at radius 1 is 1.64 bits per heavy atom. The second-order valence-corrected chi connectivity index (χ2v) is 3.61. The van der Waals surface area contributed by atoms with Crippen LogP contribution in [0.15, 0.2) is 22.7 Å². The molecule has 0 bridgehead atoms. The van der Waals surface area contributed by atoms with E-state index in [0.717, 1.165) is 10.0 Å². The molecular formula is C9H11BrN2O2. The summed E-state index contributed by atoms with van der Waals surface area (Å²) in [5, 5.41) is 0. The van der Waals surface area contributed by atoms with Gasteiger partial charge in [-0.2, -0.15) is 0 Å². The number of ether oxygens (including phenoxy) is 1. The number of rotatable bonds is 3. The number of anilines is 1. The van der Waals surface area contributed by atoms with Crippen molar-refractivity contribution < 1.29 is 9.53 Å². The first kappa shape index (κ1) is 11.0. The molecule has 14 heavy (non-hydrogen) atoms. The fourth-order valence-corrected chi connectivity index (χ4v) is 1.43. The second kappa shape index (κ2) is 4.97. The summed E-state index contributed by atoms with van der Waals surface area (Å²) in [5.41, 5.74) is 4.05. The molecule has 0 aliphatic heterocycles. The maximum Gasteiger partial charge on any atom is 0.310 e. The molecule has 0 fully saturated rings. The van der Waals surface area contributed by atoms with Crippen LogP contribution in [0.4, 0.5) is 5.69 Å². The summed E-state index contributed by atoms with van der Waals surface area (Å²) < 4.78 is 5.47. The maximum atomic E-state index is 11.0. The van der Waals surface area contributed by atoms with Crippen LogP contribution in [0.1, 0.15) is 5.56 Å². The molecule has 4 nitrogen and oxygen atoms in total. The number of methoxy groups -OCH3 is 1. The normalized spacial score (nSPS) is 9.64. The number of halogens is 1. The van der Waals surface area contributed by atoms with Gasteiger partial charge in [0.1, 0.15) is 0 Å². The van der Waals surface area contributed by atoms with Crippen LogP contribution in [0.5, 0.6) is 0 Å². The number of nitrogens with one attached hydrogen (secondary N) is 1. The van der Waals surface area contributed by atoms with Gasteiger partial charge in [0.15, 0.2) is 0 Å². The minimum Gasteiger partial charge on any atom is -0.469 e. The van der Waals surface area contributed by atoms with E-state index in [4.69, 9.17) is 5.84 Å². The van der Waals surface area contributed by atoms with Crippen LogP contribution in [0, 0.1) is 0 Å². The van der Waals surface area contributed by atoms with E-state index in [1.54, 1.807) is 6.07 Å². The van der Waals surface area contributed by atoms with Gasteiger partial charge in [0.2, 0.25) is 0 Å². The fourth-order valence-electron chi connectivity index (χ4n) is 1.06. The number of nitrogen functional groups attached to an aromatic ring is 1. The van der Waals surface area contributed by atoms with Gasteiger partial charge < -0.3 is 10.2 Å². The van der Waals surface area contributed by atoms with Crippen LogP contribution in [0.3, 0.4) is 0 Å². The molecule has 0 aliphatic rings. The maximum absolute atomic E-state index is 11.0. The largest absolute Gasteiger partial charge is 0.469 e. The molecule has 0 heterocycles. The summed E-state index contributed by atoms with van der Waals surface area (Å²) in [7, 11) is 1.36. The van der Waals surface area contributed by atoms with E-state index in [9.17, 15) is 4.79 Å². The minimum atomic E-state index is -0.288. The first-order valence-electron chi connectivity index (χ1n) is 3.99. The molecule has 0 radical (unpaired) electrons. The van der Waals surface area contributed by atoms with E-state index in [-0.39, 0.29) is 12.4 Å². The molecule has 0 saturated carbocycles. The molecule has 76 valence electrons. The zero-order valence-corrected chi connectivity index (χ0v) is 9.30. The molecule has 1 rings (SSSR count). The van der Waals surface area contributed by atoms with Crippen molar-refractivity contribution in [2.24, 2.45) is 5.84 Å². The third-order valence-electron chi connectivity index (χ3n) is 1.79. The molecule has 1 aromatic carbocycles. The van der Waals surface area contributed by atoms with Gasteiger partial charge in [0.25, 0.3) is 0 Å². The van der Waals surface area contributed by atoms with Gasteiger partial charge >= 0.3 is 5.97 Å². The highest BCUT2D eigenvalue weighted by Crippen LogP contribution is 2.21. The monoisotopic (exact) mass is 258 g/mol. The lowest BCUT2D eigenvalue weighted by Gasteiger charge is -2.07. The number of hydrazine groups is 1. The number of carbonyl (C=O) groups is 1. The Bertz CT molecular complexity index is 342. The Morgan fingerprint density at radius 3 is 2.93 bits per heavy atom. The highest BCUT2D eigenvalue weighted by molar-refractivity contribution is 9.10. The van der Waals surface area contributed by atoms with E-state index in [1.165, 1.54) is 7.11 Å². The van der Waals surface area contributed by atoms with E-state index in [1.807, 2.05) is 12.1 Å². The van der Waals surface area contributed by atoms with E-state index >= 15 is 0 Å². The first-order valence-corrected chi connectivity index (χ1v) is 4.78. The molecule has 0 unspecified atom stereocenters. The van der Waals surface area contributed by atoms with Gasteiger partial charge in [-0.05, 0) is 17.7 Å². The average molecular weight is 259 g/mol. The van der Waals surface area contributed by atoms with Crippen molar-refractivity contribution in [2.45, 2.75) is 6.42 Å². The van der Waals surface area contributed by atoms with Crippen LogP contribution in [0.2, 0.25) is 0 Å². The summed E-state index contributed by atoms with van der Waals surface area (Å²) >= 11 is 3.31. The van der Waals surface area contributed by atoms with Gasteiger partial charge in [-0.1, -0.05) is 22.0 Å². The Labute approximate surface area is 90.5 Å². The molecule has 0 aromatic heterocycles. The molecule has 0 saturated heterocycles. The van der Waals surface area contributed by atoms with Crippen molar-refractivity contribution in [1.29, 1.82) is 0 Å². The Balaban J connectivity index is 2.90. The predicted molar refractivity (Wildman–Crippen MR) is 57.7 cm³/mol. The number of nitrogens with two attached hydrogens (primary N) is 1. The second-order valence-electron chi connectivity index (χ2n) is 2.70. The van der Waals surface area contributed by atoms with Crippen molar-refractivity contribution in [1.82, 2.24) is 0 Å². The van der Waals surface area contributed by atoms with Crippen LogP contribution in [-0.4, -0.2) is 13.1 Å². The van der Waals surface area contributed by atoms with E-state index in [2.05, 4.69) is 26.1 Å². The average Bonchev–Trinajstić information content (AvgIpc) is 2.20. The van der Waals surface area contributed by atoms with E-state index < -0.39 is 0 Å². The molecule has 0 amide bonds. The van der Waals surface area contributed by atoms with Crippen molar-refractivity contribution in [3.05, 3.63) is 28.2 Å². The molecular weight excluding hydrogens is 248 g/mol. The van der Waals surface area contributed by atoms with Gasteiger partial charge in [-0.3, -0.25) is 10.6 Å². The van der Waals surface area contributed by atoms with Gasteiger partial charge in [-0.25, -0.2) is 0 Å². The third-order valence-corrected chi connectivity index (χ3v) is 2.28. The summed E-state index contributed by atoms with van der Waals surface area (Å²) in [4.78, 5) is 11.0. The van der Waals surface area contributed by atoms with Crippen LogP contribution < -0.4 is 11.3 Å². The molecule has 0 aliphatic carbocycles. The lowest BCUT2D eigenvalue weighted by Crippen LogP contribution is -2.12. The highest BCUT2D eigenvalue weighted by Gasteiger charge is 2.07. The Morgan fingerprint density at radius 2 is 2.36 bits per heavy atom. The highest BCUT2D eigenvalue weighted by atomic mass is 79.9. The van der Waals surface area contributed by atoms with Crippen LogP contribution in [-0.2, 0) is 16.0 Å². The Kier molecular flexibility index (Phi) is 3.91. The van der Waals surface area contributed by atoms with Crippen molar-refractivity contribution in [3.8, 4) is 0 Å². The molecule has 1 aromatic rings. The quantitative estimate of drug-likeness (QED) is 0.490. The zero-order valence-electron chi connectivity index (χ0n) is 7.71. The number of hydrogen-bond donors (Lipinski definition) is 2. The molecule has 3 N–H and O–H groups in total. The number of benzene rings is 1. The molecule has 0 spiro atoms. The number of esters is 1. The standard InChI is InChI=1S/C9H11BrN2O2/c1-14-9(13)4-6-2-3-7(10)5-8(6)12-11/h2-3,5,12H,4,11H2,1H3. The lowest BCUT2D eigenvalue weighted by molar-refractivity contribution is -0.139. The SMILES string of the molecule is COC(=O)Cc1ccc(Br)cc1NN. The third kappa shape index (κ3) is 2.71. The summed E-state index contributed by atoms with van der Waals surface area (Å²) in [6.07, 6.45) is 0.212. The minimum absolute atomic E-state index is 0.212. The fraction of sp³-hybridized carbons (Fsp3) is 0.222.